The SMILES string of the molecule is CCNC(=NCCNC(=O)c1ccccc1Cl)NC1CCN(C(=O)CC)C1. The molecule has 1 unspecified atom stereocenters. The van der Waals surface area contributed by atoms with Gasteiger partial charge in [-0.3, -0.25) is 14.6 Å². The zero-order chi connectivity index (χ0) is 19.6. The second-order valence-corrected chi connectivity index (χ2v) is 6.73. The maximum atomic E-state index is 12.1. The van der Waals surface area contributed by atoms with Crippen LogP contribution >= 0.6 is 11.6 Å². The summed E-state index contributed by atoms with van der Waals surface area (Å²) in [6.45, 7) is 6.94. The van der Waals surface area contributed by atoms with Crippen LogP contribution in [0.15, 0.2) is 29.3 Å². The normalized spacial score (nSPS) is 16.9. The lowest BCUT2D eigenvalue weighted by atomic mass is 10.2. The number of amides is 2. The van der Waals surface area contributed by atoms with Crippen LogP contribution in [0.3, 0.4) is 0 Å². The van der Waals surface area contributed by atoms with E-state index in [1.54, 1.807) is 24.3 Å². The zero-order valence-corrected chi connectivity index (χ0v) is 16.7. The molecule has 1 aromatic rings. The summed E-state index contributed by atoms with van der Waals surface area (Å²) in [5.41, 5.74) is 0.458. The van der Waals surface area contributed by atoms with Gasteiger partial charge in [-0.05, 0) is 25.5 Å². The molecule has 2 amide bonds. The quantitative estimate of drug-likeness (QED) is 0.373. The maximum Gasteiger partial charge on any atom is 0.252 e. The van der Waals surface area contributed by atoms with E-state index in [2.05, 4.69) is 20.9 Å². The molecule has 1 aliphatic heterocycles. The average Bonchev–Trinajstić information content (AvgIpc) is 3.13. The van der Waals surface area contributed by atoms with Crippen LogP contribution in [0.25, 0.3) is 0 Å². The number of halogens is 1. The van der Waals surface area contributed by atoms with Crippen molar-refractivity contribution in [2.75, 3.05) is 32.7 Å². The van der Waals surface area contributed by atoms with Crippen molar-refractivity contribution >= 4 is 29.4 Å². The smallest absolute Gasteiger partial charge is 0.252 e. The Kier molecular flexibility index (Phi) is 8.39. The van der Waals surface area contributed by atoms with Crippen LogP contribution < -0.4 is 16.0 Å². The van der Waals surface area contributed by atoms with Crippen molar-refractivity contribution in [2.24, 2.45) is 4.99 Å². The highest BCUT2D eigenvalue weighted by molar-refractivity contribution is 6.33. The van der Waals surface area contributed by atoms with Crippen molar-refractivity contribution in [3.8, 4) is 0 Å². The van der Waals surface area contributed by atoms with Gasteiger partial charge in [-0.25, -0.2) is 0 Å². The van der Waals surface area contributed by atoms with Crippen molar-refractivity contribution in [2.45, 2.75) is 32.7 Å². The molecule has 148 valence electrons. The topological polar surface area (TPSA) is 85.8 Å². The predicted molar refractivity (Wildman–Crippen MR) is 108 cm³/mol. The molecule has 2 rings (SSSR count). The first-order valence-corrected chi connectivity index (χ1v) is 9.78. The lowest BCUT2D eigenvalue weighted by Crippen LogP contribution is -2.45. The summed E-state index contributed by atoms with van der Waals surface area (Å²) in [7, 11) is 0. The molecule has 3 N–H and O–H groups in total. The Balaban J connectivity index is 1.81. The van der Waals surface area contributed by atoms with Gasteiger partial charge in [0.25, 0.3) is 5.91 Å². The summed E-state index contributed by atoms with van der Waals surface area (Å²) in [6, 6.07) is 7.14. The van der Waals surface area contributed by atoms with Crippen LogP contribution in [-0.2, 0) is 4.79 Å². The molecule has 0 spiro atoms. The van der Waals surface area contributed by atoms with Crippen molar-refractivity contribution < 1.29 is 9.59 Å². The monoisotopic (exact) mass is 393 g/mol. The lowest BCUT2D eigenvalue weighted by molar-refractivity contribution is -0.129. The molecule has 0 saturated carbocycles. The van der Waals surface area contributed by atoms with Crippen LogP contribution in [0.5, 0.6) is 0 Å². The Bertz CT molecular complexity index is 680. The molecule has 0 aromatic heterocycles. The van der Waals surface area contributed by atoms with E-state index in [0.29, 0.717) is 42.6 Å². The molecule has 1 atom stereocenters. The Morgan fingerprint density at radius 1 is 1.26 bits per heavy atom. The summed E-state index contributed by atoms with van der Waals surface area (Å²) in [5, 5.41) is 9.82. The third kappa shape index (κ3) is 6.43. The van der Waals surface area contributed by atoms with Crippen LogP contribution in [-0.4, -0.2) is 61.4 Å². The molecule has 8 heteroatoms. The summed E-state index contributed by atoms with van der Waals surface area (Å²) < 4.78 is 0. The number of hydrogen-bond donors (Lipinski definition) is 3. The Labute approximate surface area is 165 Å². The molecular formula is C19H28ClN5O2. The molecule has 27 heavy (non-hydrogen) atoms. The van der Waals surface area contributed by atoms with Gasteiger partial charge in [0, 0.05) is 38.6 Å². The van der Waals surface area contributed by atoms with E-state index < -0.39 is 0 Å². The largest absolute Gasteiger partial charge is 0.357 e. The molecule has 0 bridgehead atoms. The van der Waals surface area contributed by atoms with E-state index in [0.717, 1.165) is 19.5 Å². The Morgan fingerprint density at radius 2 is 2.04 bits per heavy atom. The highest BCUT2D eigenvalue weighted by atomic mass is 35.5. The number of aliphatic imine (C=N–C) groups is 1. The number of hydrogen-bond acceptors (Lipinski definition) is 3. The van der Waals surface area contributed by atoms with Crippen LogP contribution in [0.2, 0.25) is 5.02 Å². The second kappa shape index (κ2) is 10.8. The molecule has 1 aliphatic rings. The van der Waals surface area contributed by atoms with Gasteiger partial charge >= 0.3 is 0 Å². The average molecular weight is 394 g/mol. The lowest BCUT2D eigenvalue weighted by Gasteiger charge is -2.18. The maximum absolute atomic E-state index is 12.1. The van der Waals surface area contributed by atoms with Gasteiger partial charge in [0.2, 0.25) is 5.91 Å². The van der Waals surface area contributed by atoms with E-state index in [-0.39, 0.29) is 17.9 Å². The molecule has 0 aliphatic carbocycles. The fourth-order valence-corrected chi connectivity index (χ4v) is 3.14. The van der Waals surface area contributed by atoms with Gasteiger partial charge in [0.1, 0.15) is 0 Å². The summed E-state index contributed by atoms with van der Waals surface area (Å²) in [5.74, 6) is 0.669. The van der Waals surface area contributed by atoms with Gasteiger partial charge in [-0.15, -0.1) is 0 Å². The molecule has 1 aromatic carbocycles. The van der Waals surface area contributed by atoms with E-state index in [4.69, 9.17) is 11.6 Å². The van der Waals surface area contributed by atoms with Crippen molar-refractivity contribution in [3.05, 3.63) is 34.9 Å². The second-order valence-electron chi connectivity index (χ2n) is 6.32. The third-order valence-corrected chi connectivity index (χ3v) is 4.64. The molecule has 0 radical (unpaired) electrons. The van der Waals surface area contributed by atoms with Gasteiger partial charge in [0.15, 0.2) is 5.96 Å². The minimum atomic E-state index is -0.210. The molecular weight excluding hydrogens is 366 g/mol. The molecule has 1 saturated heterocycles. The summed E-state index contributed by atoms with van der Waals surface area (Å²) >= 11 is 6.03. The number of carbonyl (C=O) groups excluding carboxylic acids is 2. The number of carbonyl (C=O) groups is 2. The number of likely N-dealkylation sites (tertiary alicyclic amines) is 1. The highest BCUT2D eigenvalue weighted by Gasteiger charge is 2.25. The van der Waals surface area contributed by atoms with Gasteiger partial charge in [-0.2, -0.15) is 0 Å². The predicted octanol–water partition coefficient (Wildman–Crippen LogP) is 1.64. The Hall–Kier alpha value is -2.28. The molecule has 1 fully saturated rings. The molecule has 1 heterocycles. The number of guanidine groups is 1. The van der Waals surface area contributed by atoms with Crippen molar-refractivity contribution in [3.63, 3.8) is 0 Å². The van der Waals surface area contributed by atoms with E-state index in [1.165, 1.54) is 0 Å². The number of nitrogens with zero attached hydrogens (tertiary/aromatic N) is 2. The fourth-order valence-electron chi connectivity index (χ4n) is 2.92. The van der Waals surface area contributed by atoms with Crippen molar-refractivity contribution in [1.82, 2.24) is 20.9 Å². The number of benzene rings is 1. The summed E-state index contributed by atoms with van der Waals surface area (Å²) in [6.07, 6.45) is 1.44. The van der Waals surface area contributed by atoms with Crippen molar-refractivity contribution in [1.29, 1.82) is 0 Å². The van der Waals surface area contributed by atoms with E-state index >= 15 is 0 Å². The zero-order valence-electron chi connectivity index (χ0n) is 15.9. The number of rotatable bonds is 7. The van der Waals surface area contributed by atoms with Crippen LogP contribution in [0, 0.1) is 0 Å². The minimum Gasteiger partial charge on any atom is -0.357 e. The van der Waals surface area contributed by atoms with Crippen LogP contribution in [0.1, 0.15) is 37.0 Å². The van der Waals surface area contributed by atoms with Gasteiger partial charge in [0.05, 0.1) is 17.1 Å². The standard InChI is InChI=1S/C19H28ClN5O2/c1-3-17(26)25-12-9-14(13-25)24-19(21-4-2)23-11-10-22-18(27)15-7-5-6-8-16(15)20/h5-8,14H,3-4,9-13H2,1-2H3,(H,22,27)(H2,21,23,24). The molecule has 7 nitrogen and oxygen atoms in total. The van der Waals surface area contributed by atoms with Gasteiger partial charge in [-0.1, -0.05) is 30.7 Å². The first-order chi connectivity index (χ1) is 13.0. The highest BCUT2D eigenvalue weighted by Crippen LogP contribution is 2.14. The van der Waals surface area contributed by atoms with Gasteiger partial charge < -0.3 is 20.9 Å². The summed E-state index contributed by atoms with van der Waals surface area (Å²) in [4.78, 5) is 30.3. The van der Waals surface area contributed by atoms with E-state index in [9.17, 15) is 9.59 Å². The first kappa shape index (κ1) is 21.0. The Morgan fingerprint density at radius 3 is 2.74 bits per heavy atom. The fraction of sp³-hybridized carbons (Fsp3) is 0.526. The minimum absolute atomic E-state index is 0.184. The third-order valence-electron chi connectivity index (χ3n) is 4.31. The van der Waals surface area contributed by atoms with Crippen LogP contribution in [0.4, 0.5) is 0 Å². The number of nitrogens with one attached hydrogen (secondary N) is 3. The first-order valence-electron chi connectivity index (χ1n) is 9.40. The van der Waals surface area contributed by atoms with E-state index in [1.807, 2.05) is 18.7 Å².